The first-order chi connectivity index (χ1) is 28.3. The van der Waals surface area contributed by atoms with Crippen LogP contribution in [0.3, 0.4) is 0 Å². The first kappa shape index (κ1) is 31.7. The third kappa shape index (κ3) is 4.92. The average molecular weight is 727 g/mol. The Labute approximate surface area is 328 Å². The van der Waals surface area contributed by atoms with Crippen molar-refractivity contribution < 1.29 is 4.42 Å². The molecule has 0 aliphatic rings. The van der Waals surface area contributed by atoms with E-state index >= 15 is 0 Å². The van der Waals surface area contributed by atoms with E-state index in [0.29, 0.717) is 0 Å². The lowest BCUT2D eigenvalue weighted by Crippen LogP contribution is -2.09. The van der Waals surface area contributed by atoms with Crippen LogP contribution in [0.4, 0.5) is 17.1 Å². The van der Waals surface area contributed by atoms with Gasteiger partial charge in [0.15, 0.2) is 0 Å². The Morgan fingerprint density at radius 1 is 0.351 bits per heavy atom. The van der Waals surface area contributed by atoms with Crippen molar-refractivity contribution in [3.8, 4) is 16.8 Å². The maximum absolute atomic E-state index is 6.80. The Morgan fingerprint density at radius 2 is 1.00 bits per heavy atom. The predicted molar refractivity (Wildman–Crippen MR) is 241 cm³/mol. The zero-order chi connectivity index (χ0) is 37.5. The lowest BCUT2D eigenvalue weighted by molar-refractivity contribution is 0.669. The van der Waals surface area contributed by atoms with Crippen molar-refractivity contribution in [3.63, 3.8) is 0 Å². The summed E-state index contributed by atoms with van der Waals surface area (Å²) in [5, 5.41) is 12.1. The van der Waals surface area contributed by atoms with E-state index in [1.807, 2.05) is 0 Å². The second kappa shape index (κ2) is 12.5. The van der Waals surface area contributed by atoms with E-state index in [0.717, 1.165) is 44.7 Å². The number of benzene rings is 10. The van der Waals surface area contributed by atoms with Crippen LogP contribution in [0.5, 0.6) is 0 Å². The van der Waals surface area contributed by atoms with Gasteiger partial charge in [-0.3, -0.25) is 0 Å². The van der Waals surface area contributed by atoms with Crippen LogP contribution < -0.4 is 4.90 Å². The highest BCUT2D eigenvalue weighted by Crippen LogP contribution is 2.44. The fourth-order valence-electron chi connectivity index (χ4n) is 9.16. The van der Waals surface area contributed by atoms with Gasteiger partial charge in [0.25, 0.3) is 0 Å². The summed E-state index contributed by atoms with van der Waals surface area (Å²) in [6, 6.07) is 74.4. The van der Waals surface area contributed by atoms with Gasteiger partial charge in [-0.2, -0.15) is 0 Å². The van der Waals surface area contributed by atoms with Crippen LogP contribution in [0, 0.1) is 0 Å². The molecule has 3 heteroatoms. The van der Waals surface area contributed by atoms with Crippen LogP contribution in [0.2, 0.25) is 0 Å². The molecular formula is C54H34N2O. The van der Waals surface area contributed by atoms with Crippen LogP contribution in [-0.4, -0.2) is 4.57 Å². The van der Waals surface area contributed by atoms with Gasteiger partial charge in [-0.05, 0) is 105 Å². The van der Waals surface area contributed by atoms with Crippen LogP contribution in [0.15, 0.2) is 211 Å². The molecule has 0 unspecified atom stereocenters. The molecule has 0 saturated carbocycles. The number of rotatable bonds is 5. The molecule has 2 aromatic heterocycles. The molecule has 12 aromatic rings. The van der Waals surface area contributed by atoms with Gasteiger partial charge in [0.1, 0.15) is 11.2 Å². The summed E-state index contributed by atoms with van der Waals surface area (Å²) >= 11 is 0. The molecule has 0 N–H and O–H groups in total. The van der Waals surface area contributed by atoms with Crippen molar-refractivity contribution >= 4 is 93.1 Å². The number of nitrogens with zero attached hydrogens (tertiary/aromatic N) is 2. The summed E-state index contributed by atoms with van der Waals surface area (Å²) < 4.78 is 9.19. The highest BCUT2D eigenvalue weighted by Gasteiger charge is 2.20. The Bertz CT molecular complexity index is 3520. The SMILES string of the molecule is c1ccc(N(c2ccc3c(c2)oc2ccc4cccc(-c5ccc6c7ccccc7n(-c7ccccc7)c6c5)c4c23)c2ccc3ccc4ccccc4c3c2)cc1. The van der Waals surface area contributed by atoms with Crippen molar-refractivity contribution in [2.24, 2.45) is 0 Å². The number of hydrogen-bond donors (Lipinski definition) is 0. The quantitative estimate of drug-likeness (QED) is 0.165. The van der Waals surface area contributed by atoms with Crippen molar-refractivity contribution in [1.82, 2.24) is 4.57 Å². The zero-order valence-corrected chi connectivity index (χ0v) is 30.9. The van der Waals surface area contributed by atoms with Gasteiger partial charge in [-0.15, -0.1) is 0 Å². The Kier molecular flexibility index (Phi) is 6.93. The fraction of sp³-hybridized carbons (Fsp3) is 0. The van der Waals surface area contributed by atoms with Gasteiger partial charge >= 0.3 is 0 Å². The molecule has 57 heavy (non-hydrogen) atoms. The summed E-state index contributed by atoms with van der Waals surface area (Å²) in [7, 11) is 0. The normalized spacial score (nSPS) is 11.9. The van der Waals surface area contributed by atoms with Crippen LogP contribution in [0.25, 0.3) is 92.9 Å². The summed E-state index contributed by atoms with van der Waals surface area (Å²) in [4.78, 5) is 2.33. The van der Waals surface area contributed by atoms with Gasteiger partial charge in [0.2, 0.25) is 0 Å². The lowest BCUT2D eigenvalue weighted by Gasteiger charge is -2.26. The van der Waals surface area contributed by atoms with Crippen molar-refractivity contribution in [3.05, 3.63) is 206 Å². The van der Waals surface area contributed by atoms with E-state index in [2.05, 4.69) is 216 Å². The summed E-state index contributed by atoms with van der Waals surface area (Å²) in [6.45, 7) is 0. The molecule has 0 fully saturated rings. The van der Waals surface area contributed by atoms with Crippen LogP contribution in [0.1, 0.15) is 0 Å². The molecule has 266 valence electrons. The smallest absolute Gasteiger partial charge is 0.137 e. The second-order valence-electron chi connectivity index (χ2n) is 14.9. The predicted octanol–water partition coefficient (Wildman–Crippen LogP) is 15.3. The summed E-state index contributed by atoms with van der Waals surface area (Å²) in [5.41, 5.74) is 10.9. The minimum atomic E-state index is 0.858. The van der Waals surface area contributed by atoms with E-state index in [4.69, 9.17) is 4.42 Å². The third-order valence-corrected chi connectivity index (χ3v) is 11.7. The molecular weight excluding hydrogens is 693 g/mol. The molecule has 0 aliphatic heterocycles. The third-order valence-electron chi connectivity index (χ3n) is 11.7. The molecule has 10 aromatic carbocycles. The van der Waals surface area contributed by atoms with Crippen molar-refractivity contribution in [2.45, 2.75) is 0 Å². The topological polar surface area (TPSA) is 21.3 Å². The van der Waals surface area contributed by atoms with Gasteiger partial charge in [-0.1, -0.05) is 133 Å². The molecule has 0 spiro atoms. The van der Waals surface area contributed by atoms with Gasteiger partial charge in [0, 0.05) is 55.7 Å². The number of fused-ring (bicyclic) bond motifs is 11. The Balaban J connectivity index is 1.05. The van der Waals surface area contributed by atoms with Crippen LogP contribution >= 0.6 is 0 Å². The second-order valence-corrected chi connectivity index (χ2v) is 14.9. The summed E-state index contributed by atoms with van der Waals surface area (Å²) in [5.74, 6) is 0. The Morgan fingerprint density at radius 3 is 1.88 bits per heavy atom. The fourth-order valence-corrected chi connectivity index (χ4v) is 9.16. The molecule has 0 aliphatic carbocycles. The maximum Gasteiger partial charge on any atom is 0.137 e. The van der Waals surface area contributed by atoms with Gasteiger partial charge in [-0.25, -0.2) is 0 Å². The Hall–Kier alpha value is -7.62. The minimum Gasteiger partial charge on any atom is -0.456 e. The largest absolute Gasteiger partial charge is 0.456 e. The average Bonchev–Trinajstić information content (AvgIpc) is 3.82. The number of para-hydroxylation sites is 3. The number of anilines is 3. The molecule has 0 saturated heterocycles. The van der Waals surface area contributed by atoms with E-state index < -0.39 is 0 Å². The molecule has 0 bridgehead atoms. The number of furan rings is 1. The molecule has 0 amide bonds. The maximum atomic E-state index is 6.80. The van der Waals surface area contributed by atoms with Gasteiger partial charge < -0.3 is 13.9 Å². The number of hydrogen-bond acceptors (Lipinski definition) is 2. The lowest BCUT2D eigenvalue weighted by atomic mass is 9.94. The number of aromatic nitrogens is 1. The van der Waals surface area contributed by atoms with E-state index in [9.17, 15) is 0 Å². The van der Waals surface area contributed by atoms with Gasteiger partial charge in [0.05, 0.1) is 11.0 Å². The molecule has 2 heterocycles. The van der Waals surface area contributed by atoms with E-state index in [1.54, 1.807) is 0 Å². The minimum absolute atomic E-state index is 0.858. The standard InChI is InChI=1S/C54H34N2O/c1-3-14-39(15-4-1)55(41-27-24-36-23-22-35-12-7-8-18-43(35)48(36)33-41)42-28-30-47-52(34-42)57-51-31-26-37-13-11-20-44(53(37)54(47)51)38-25-29-46-45-19-9-10-21-49(45)56(50(46)32-38)40-16-5-2-6-17-40/h1-34H. The molecule has 0 radical (unpaired) electrons. The monoisotopic (exact) mass is 726 g/mol. The molecule has 12 rings (SSSR count). The zero-order valence-electron chi connectivity index (χ0n) is 30.9. The molecule has 3 nitrogen and oxygen atoms in total. The highest BCUT2D eigenvalue weighted by atomic mass is 16.3. The van der Waals surface area contributed by atoms with E-state index in [1.165, 1.54) is 65.3 Å². The van der Waals surface area contributed by atoms with Crippen molar-refractivity contribution in [1.29, 1.82) is 0 Å². The first-order valence-electron chi connectivity index (χ1n) is 19.5. The molecule has 0 atom stereocenters. The van der Waals surface area contributed by atoms with E-state index in [-0.39, 0.29) is 0 Å². The van der Waals surface area contributed by atoms with Crippen LogP contribution in [-0.2, 0) is 0 Å². The summed E-state index contributed by atoms with van der Waals surface area (Å²) in [6.07, 6.45) is 0. The highest BCUT2D eigenvalue weighted by molar-refractivity contribution is 6.23. The first-order valence-corrected chi connectivity index (χ1v) is 19.5. The van der Waals surface area contributed by atoms with Crippen molar-refractivity contribution in [2.75, 3.05) is 4.90 Å².